The maximum atomic E-state index is 14.8. The molecule has 2 heterocycles. The summed E-state index contributed by atoms with van der Waals surface area (Å²) in [5, 5.41) is 13.3. The lowest BCUT2D eigenvalue weighted by Gasteiger charge is -2.39. The van der Waals surface area contributed by atoms with E-state index < -0.39 is 5.97 Å². The first-order valence-electron chi connectivity index (χ1n) is 11.3. The number of aliphatic carboxylic acids is 1. The maximum absolute atomic E-state index is 14.8. The zero-order valence-corrected chi connectivity index (χ0v) is 18.3. The third-order valence-electron chi connectivity index (χ3n) is 6.92. The highest BCUT2D eigenvalue weighted by molar-refractivity contribution is 5.71. The van der Waals surface area contributed by atoms with E-state index in [1.54, 1.807) is 12.1 Å². The molecule has 0 radical (unpaired) electrons. The first-order chi connectivity index (χ1) is 16.5. The number of hydrogen-bond acceptors (Lipinski definition) is 5. The van der Waals surface area contributed by atoms with E-state index in [0.29, 0.717) is 35.8 Å². The highest BCUT2D eigenvalue weighted by Crippen LogP contribution is 2.38. The van der Waals surface area contributed by atoms with Gasteiger partial charge in [0.1, 0.15) is 5.82 Å². The summed E-state index contributed by atoms with van der Waals surface area (Å²) in [4.78, 5) is 18.0. The number of benzene rings is 3. The summed E-state index contributed by atoms with van der Waals surface area (Å²) in [7, 11) is 0. The van der Waals surface area contributed by atoms with Gasteiger partial charge in [0.25, 0.3) is 5.89 Å². The van der Waals surface area contributed by atoms with Gasteiger partial charge in [0.2, 0.25) is 5.82 Å². The Bertz CT molecular complexity index is 1380. The van der Waals surface area contributed by atoms with Crippen LogP contribution in [0.2, 0.25) is 0 Å². The fraction of sp³-hybridized carbons (Fsp3) is 0.222. The second-order valence-corrected chi connectivity index (χ2v) is 9.03. The Morgan fingerprint density at radius 2 is 1.71 bits per heavy atom. The third-order valence-corrected chi connectivity index (χ3v) is 6.92. The molecule has 0 bridgehead atoms. The molecule has 7 heteroatoms. The van der Waals surface area contributed by atoms with E-state index in [1.165, 1.54) is 17.2 Å². The predicted octanol–water partition coefficient (Wildman–Crippen LogP) is 5.39. The normalized spacial score (nSPS) is 19.6. The average Bonchev–Trinajstić information content (AvgIpc) is 3.45. The zero-order valence-electron chi connectivity index (χ0n) is 18.3. The standard InChI is InChI=1S/C27H22FN3O3/c28-24-13-18(8-9-23(24)16-4-2-1-3-5-16)26-29-25(30-34-26)17-6-7-19-14-31(15-21(19)10-17)22-11-20(12-22)27(32)33/h1-10,13,20,22H,11-12,14-15H2,(H,32,33). The Balaban J connectivity index is 1.19. The molecule has 0 amide bonds. The van der Waals surface area contributed by atoms with Crippen LogP contribution in [-0.4, -0.2) is 32.2 Å². The second-order valence-electron chi connectivity index (χ2n) is 9.03. The van der Waals surface area contributed by atoms with E-state index in [1.807, 2.05) is 36.4 Å². The third kappa shape index (κ3) is 3.68. The smallest absolute Gasteiger partial charge is 0.306 e. The summed E-state index contributed by atoms with van der Waals surface area (Å²) in [5.74, 6) is -0.531. The quantitative estimate of drug-likeness (QED) is 0.435. The van der Waals surface area contributed by atoms with Gasteiger partial charge in [-0.3, -0.25) is 9.69 Å². The Hall–Kier alpha value is -3.84. The monoisotopic (exact) mass is 455 g/mol. The SMILES string of the molecule is O=C(O)C1CC(N2Cc3ccc(-c4noc(-c5ccc(-c6ccccc6)c(F)c5)n4)cc3C2)C1. The molecule has 1 fully saturated rings. The second kappa shape index (κ2) is 8.18. The lowest BCUT2D eigenvalue weighted by molar-refractivity contribution is -0.147. The molecule has 0 saturated heterocycles. The van der Waals surface area contributed by atoms with Crippen LogP contribution in [0.4, 0.5) is 4.39 Å². The molecule has 4 aromatic rings. The van der Waals surface area contributed by atoms with Crippen LogP contribution in [0.5, 0.6) is 0 Å². The number of nitrogens with zero attached hydrogens (tertiary/aromatic N) is 3. The molecule has 170 valence electrons. The summed E-state index contributed by atoms with van der Waals surface area (Å²) in [6.07, 6.45) is 1.42. The minimum Gasteiger partial charge on any atom is -0.481 e. The molecule has 1 aliphatic heterocycles. The molecule has 1 N–H and O–H groups in total. The number of aromatic nitrogens is 2. The van der Waals surface area contributed by atoms with Crippen molar-refractivity contribution in [1.82, 2.24) is 15.0 Å². The van der Waals surface area contributed by atoms with Crippen LogP contribution < -0.4 is 0 Å². The molecular formula is C27H22FN3O3. The van der Waals surface area contributed by atoms with Crippen molar-refractivity contribution < 1.29 is 18.8 Å². The maximum Gasteiger partial charge on any atom is 0.306 e. The Labute approximate surface area is 195 Å². The first kappa shape index (κ1) is 20.7. The summed E-state index contributed by atoms with van der Waals surface area (Å²) >= 11 is 0. The van der Waals surface area contributed by atoms with E-state index in [4.69, 9.17) is 9.63 Å². The molecule has 0 unspecified atom stereocenters. The lowest BCUT2D eigenvalue weighted by Crippen LogP contribution is -2.44. The number of hydrogen-bond donors (Lipinski definition) is 1. The molecule has 2 aliphatic rings. The van der Waals surface area contributed by atoms with Crippen molar-refractivity contribution in [3.05, 3.63) is 83.7 Å². The van der Waals surface area contributed by atoms with Crippen LogP contribution in [0.15, 0.2) is 71.3 Å². The predicted molar refractivity (Wildman–Crippen MR) is 124 cm³/mol. The van der Waals surface area contributed by atoms with Crippen molar-refractivity contribution in [2.45, 2.75) is 32.0 Å². The van der Waals surface area contributed by atoms with E-state index in [-0.39, 0.29) is 17.6 Å². The van der Waals surface area contributed by atoms with E-state index >= 15 is 0 Å². The van der Waals surface area contributed by atoms with Crippen LogP contribution in [0.3, 0.4) is 0 Å². The summed E-state index contributed by atoms with van der Waals surface area (Å²) in [5.41, 5.74) is 5.14. The van der Waals surface area contributed by atoms with Crippen molar-refractivity contribution in [2.24, 2.45) is 5.92 Å². The van der Waals surface area contributed by atoms with Crippen LogP contribution in [0.1, 0.15) is 24.0 Å². The van der Waals surface area contributed by atoms with Crippen molar-refractivity contribution in [3.8, 4) is 34.0 Å². The molecule has 6 nitrogen and oxygen atoms in total. The van der Waals surface area contributed by atoms with Gasteiger partial charge < -0.3 is 9.63 Å². The fourth-order valence-electron chi connectivity index (χ4n) is 4.86. The van der Waals surface area contributed by atoms with Crippen molar-refractivity contribution >= 4 is 5.97 Å². The van der Waals surface area contributed by atoms with Gasteiger partial charge in [-0.1, -0.05) is 53.7 Å². The zero-order chi connectivity index (χ0) is 23.2. The summed E-state index contributed by atoms with van der Waals surface area (Å²) < 4.78 is 20.2. The van der Waals surface area contributed by atoms with Gasteiger partial charge in [-0.2, -0.15) is 4.98 Å². The number of carboxylic acid groups (broad SMARTS) is 1. The van der Waals surface area contributed by atoms with Crippen LogP contribution in [0, 0.1) is 11.7 Å². The van der Waals surface area contributed by atoms with Gasteiger partial charge in [0, 0.05) is 35.8 Å². The molecule has 6 rings (SSSR count). The van der Waals surface area contributed by atoms with Crippen LogP contribution in [0.25, 0.3) is 34.0 Å². The minimum atomic E-state index is -0.697. The van der Waals surface area contributed by atoms with E-state index in [2.05, 4.69) is 27.2 Å². The first-order valence-corrected chi connectivity index (χ1v) is 11.3. The number of carbonyl (C=O) groups is 1. The van der Waals surface area contributed by atoms with Gasteiger partial charge in [-0.25, -0.2) is 4.39 Å². The molecule has 0 spiro atoms. The largest absolute Gasteiger partial charge is 0.481 e. The molecule has 0 atom stereocenters. The van der Waals surface area contributed by atoms with Gasteiger partial charge in [0.05, 0.1) is 5.92 Å². The number of carboxylic acids is 1. The van der Waals surface area contributed by atoms with Crippen LogP contribution in [-0.2, 0) is 17.9 Å². The van der Waals surface area contributed by atoms with E-state index in [0.717, 1.165) is 24.2 Å². The molecule has 1 aromatic heterocycles. The highest BCUT2D eigenvalue weighted by atomic mass is 19.1. The molecule has 1 aliphatic carbocycles. The minimum absolute atomic E-state index is 0.214. The van der Waals surface area contributed by atoms with Crippen molar-refractivity contribution in [1.29, 1.82) is 0 Å². The number of rotatable bonds is 5. The van der Waals surface area contributed by atoms with Crippen LogP contribution >= 0.6 is 0 Å². The summed E-state index contributed by atoms with van der Waals surface area (Å²) in [6, 6.07) is 20.7. The van der Waals surface area contributed by atoms with Crippen molar-refractivity contribution in [3.63, 3.8) is 0 Å². The van der Waals surface area contributed by atoms with Gasteiger partial charge >= 0.3 is 5.97 Å². The number of fused-ring (bicyclic) bond motifs is 1. The molecule has 3 aromatic carbocycles. The fourth-order valence-corrected chi connectivity index (χ4v) is 4.86. The average molecular weight is 455 g/mol. The Morgan fingerprint density at radius 1 is 0.941 bits per heavy atom. The Kier molecular flexibility index (Phi) is 4.99. The van der Waals surface area contributed by atoms with E-state index in [9.17, 15) is 9.18 Å². The topological polar surface area (TPSA) is 79.5 Å². The van der Waals surface area contributed by atoms with Gasteiger partial charge in [-0.05, 0) is 47.7 Å². The molecule has 34 heavy (non-hydrogen) atoms. The van der Waals surface area contributed by atoms with Crippen molar-refractivity contribution in [2.75, 3.05) is 0 Å². The van der Waals surface area contributed by atoms with Gasteiger partial charge in [0.15, 0.2) is 0 Å². The number of halogens is 1. The Morgan fingerprint density at radius 3 is 2.47 bits per heavy atom. The highest BCUT2D eigenvalue weighted by Gasteiger charge is 2.39. The van der Waals surface area contributed by atoms with Gasteiger partial charge in [-0.15, -0.1) is 0 Å². The summed E-state index contributed by atoms with van der Waals surface area (Å²) in [6.45, 7) is 1.62. The molecule has 1 saturated carbocycles. The molecular weight excluding hydrogens is 433 g/mol. The lowest BCUT2D eigenvalue weighted by atomic mass is 9.79.